The van der Waals surface area contributed by atoms with Gasteiger partial charge in [0.15, 0.2) is 0 Å². The van der Waals surface area contributed by atoms with E-state index < -0.39 is 0 Å². The third-order valence-corrected chi connectivity index (χ3v) is 1.71. The van der Waals surface area contributed by atoms with Crippen molar-refractivity contribution >= 4 is 0 Å². The summed E-state index contributed by atoms with van der Waals surface area (Å²) in [6.45, 7) is 6.23. The van der Waals surface area contributed by atoms with Crippen molar-refractivity contribution in [2.24, 2.45) is 17.6 Å². The first-order chi connectivity index (χ1) is 4.22. The fourth-order valence-corrected chi connectivity index (χ4v) is 0.853. The molecule has 3 N–H and O–H groups in total. The van der Waals surface area contributed by atoms with Crippen molar-refractivity contribution in [2.75, 3.05) is 20.1 Å². The molecule has 9 heavy (non-hydrogen) atoms. The molecule has 0 aliphatic carbocycles. The van der Waals surface area contributed by atoms with E-state index in [9.17, 15) is 0 Å². The molecule has 0 fully saturated rings. The van der Waals surface area contributed by atoms with Gasteiger partial charge >= 0.3 is 0 Å². The Morgan fingerprint density at radius 2 is 2.00 bits per heavy atom. The van der Waals surface area contributed by atoms with Crippen LogP contribution in [0.3, 0.4) is 0 Å². The molecule has 0 amide bonds. The molecule has 0 saturated carbocycles. The molecule has 0 aliphatic heterocycles. The van der Waals surface area contributed by atoms with E-state index in [0.717, 1.165) is 13.1 Å². The van der Waals surface area contributed by atoms with Crippen LogP contribution in [0.5, 0.6) is 0 Å². The molecule has 2 heteroatoms. The van der Waals surface area contributed by atoms with Crippen molar-refractivity contribution < 1.29 is 0 Å². The van der Waals surface area contributed by atoms with Gasteiger partial charge in [-0.05, 0) is 32.0 Å². The number of nitrogens with two attached hydrogens (primary N) is 1. The Hall–Kier alpha value is -0.0800. The van der Waals surface area contributed by atoms with E-state index in [1.165, 1.54) is 0 Å². The van der Waals surface area contributed by atoms with Crippen LogP contribution in [0.4, 0.5) is 0 Å². The number of nitrogens with one attached hydrogen (secondary N) is 1. The van der Waals surface area contributed by atoms with Crippen LogP contribution >= 0.6 is 0 Å². The minimum Gasteiger partial charge on any atom is -0.330 e. The maximum atomic E-state index is 5.52. The fourth-order valence-electron chi connectivity index (χ4n) is 0.853. The fraction of sp³-hybridized carbons (Fsp3) is 1.00. The Bertz CT molecular complexity index is 61.9. The summed E-state index contributed by atoms with van der Waals surface area (Å²) in [6.07, 6.45) is 0. The maximum absolute atomic E-state index is 5.52. The van der Waals surface area contributed by atoms with E-state index in [-0.39, 0.29) is 0 Å². The lowest BCUT2D eigenvalue weighted by atomic mass is 9.96. The molecule has 0 rings (SSSR count). The molecule has 1 unspecified atom stereocenters. The first-order valence-electron chi connectivity index (χ1n) is 3.57. The summed E-state index contributed by atoms with van der Waals surface area (Å²) in [5.41, 5.74) is 5.52. The number of rotatable bonds is 4. The third kappa shape index (κ3) is 3.49. The van der Waals surface area contributed by atoms with Gasteiger partial charge in [-0.15, -0.1) is 0 Å². The Kier molecular flexibility index (Phi) is 4.72. The zero-order chi connectivity index (χ0) is 7.28. The van der Waals surface area contributed by atoms with Crippen LogP contribution in [0.2, 0.25) is 0 Å². The van der Waals surface area contributed by atoms with Gasteiger partial charge in [0, 0.05) is 0 Å². The van der Waals surface area contributed by atoms with Gasteiger partial charge in [-0.1, -0.05) is 13.8 Å². The van der Waals surface area contributed by atoms with Crippen LogP contribution in [0.1, 0.15) is 13.8 Å². The average Bonchev–Trinajstić information content (AvgIpc) is 1.82. The zero-order valence-corrected chi connectivity index (χ0v) is 6.65. The van der Waals surface area contributed by atoms with E-state index in [1.807, 2.05) is 7.05 Å². The lowest BCUT2D eigenvalue weighted by Gasteiger charge is -2.17. The average molecular weight is 130 g/mol. The monoisotopic (exact) mass is 130 g/mol. The van der Waals surface area contributed by atoms with Crippen LogP contribution in [-0.2, 0) is 0 Å². The Morgan fingerprint density at radius 1 is 1.44 bits per heavy atom. The lowest BCUT2D eigenvalue weighted by Crippen LogP contribution is -2.29. The van der Waals surface area contributed by atoms with E-state index in [2.05, 4.69) is 19.2 Å². The standard InChI is InChI=1S/C7H18N2/c1-6(2)7(4-8)5-9-3/h6-7,9H,4-5,8H2,1-3H3. The second-order valence-corrected chi connectivity index (χ2v) is 2.80. The summed E-state index contributed by atoms with van der Waals surface area (Å²) in [7, 11) is 1.96. The smallest absolute Gasteiger partial charge is 0.000901 e. The topological polar surface area (TPSA) is 38.0 Å². The van der Waals surface area contributed by atoms with Crippen LogP contribution in [-0.4, -0.2) is 20.1 Å². The number of hydrogen-bond donors (Lipinski definition) is 2. The Labute approximate surface area is 57.8 Å². The van der Waals surface area contributed by atoms with Crippen molar-refractivity contribution in [3.63, 3.8) is 0 Å². The molecule has 0 radical (unpaired) electrons. The second-order valence-electron chi connectivity index (χ2n) is 2.80. The van der Waals surface area contributed by atoms with Gasteiger partial charge in [-0.2, -0.15) is 0 Å². The van der Waals surface area contributed by atoms with Gasteiger partial charge < -0.3 is 11.1 Å². The molecular formula is C7H18N2. The highest BCUT2D eigenvalue weighted by Gasteiger charge is 2.08. The van der Waals surface area contributed by atoms with Crippen LogP contribution in [0.25, 0.3) is 0 Å². The summed E-state index contributed by atoms with van der Waals surface area (Å²) in [5.74, 6) is 1.33. The molecule has 0 spiro atoms. The molecule has 0 saturated heterocycles. The molecule has 0 heterocycles. The van der Waals surface area contributed by atoms with Crippen molar-refractivity contribution in [2.45, 2.75) is 13.8 Å². The molecule has 2 nitrogen and oxygen atoms in total. The molecular weight excluding hydrogens is 112 g/mol. The quantitative estimate of drug-likeness (QED) is 0.579. The van der Waals surface area contributed by atoms with Gasteiger partial charge in [0.2, 0.25) is 0 Å². The van der Waals surface area contributed by atoms with Gasteiger partial charge in [0.1, 0.15) is 0 Å². The summed E-state index contributed by atoms with van der Waals surface area (Å²) in [5, 5.41) is 3.12. The molecule has 0 bridgehead atoms. The zero-order valence-electron chi connectivity index (χ0n) is 6.65. The van der Waals surface area contributed by atoms with Crippen LogP contribution in [0.15, 0.2) is 0 Å². The van der Waals surface area contributed by atoms with Crippen LogP contribution in [0, 0.1) is 11.8 Å². The van der Waals surface area contributed by atoms with Crippen LogP contribution < -0.4 is 11.1 Å². The highest BCUT2D eigenvalue weighted by molar-refractivity contribution is 4.64. The van der Waals surface area contributed by atoms with Crippen molar-refractivity contribution in [3.8, 4) is 0 Å². The lowest BCUT2D eigenvalue weighted by molar-refractivity contribution is 0.382. The summed E-state index contributed by atoms with van der Waals surface area (Å²) in [4.78, 5) is 0. The highest BCUT2D eigenvalue weighted by Crippen LogP contribution is 2.06. The third-order valence-electron chi connectivity index (χ3n) is 1.71. The predicted molar refractivity (Wildman–Crippen MR) is 41.3 cm³/mol. The SMILES string of the molecule is CNCC(CN)C(C)C. The molecule has 0 aromatic heterocycles. The minimum atomic E-state index is 0.634. The van der Waals surface area contributed by atoms with E-state index in [0.29, 0.717) is 11.8 Å². The molecule has 1 atom stereocenters. The van der Waals surface area contributed by atoms with E-state index in [4.69, 9.17) is 5.73 Å². The highest BCUT2D eigenvalue weighted by atomic mass is 14.8. The van der Waals surface area contributed by atoms with Gasteiger partial charge in [0.25, 0.3) is 0 Å². The largest absolute Gasteiger partial charge is 0.330 e. The second kappa shape index (κ2) is 4.77. The molecule has 0 aromatic carbocycles. The van der Waals surface area contributed by atoms with Gasteiger partial charge in [-0.25, -0.2) is 0 Å². The molecule has 0 aromatic rings. The Balaban J connectivity index is 3.41. The summed E-state index contributed by atoms with van der Waals surface area (Å²) in [6, 6.07) is 0. The Morgan fingerprint density at radius 3 is 2.11 bits per heavy atom. The first kappa shape index (κ1) is 8.92. The van der Waals surface area contributed by atoms with Gasteiger partial charge in [-0.3, -0.25) is 0 Å². The summed E-state index contributed by atoms with van der Waals surface area (Å²) < 4.78 is 0. The van der Waals surface area contributed by atoms with Crippen molar-refractivity contribution in [1.82, 2.24) is 5.32 Å². The van der Waals surface area contributed by atoms with E-state index in [1.54, 1.807) is 0 Å². The van der Waals surface area contributed by atoms with Crippen molar-refractivity contribution in [1.29, 1.82) is 0 Å². The minimum absolute atomic E-state index is 0.634. The molecule has 56 valence electrons. The molecule has 0 aliphatic rings. The van der Waals surface area contributed by atoms with Gasteiger partial charge in [0.05, 0.1) is 0 Å². The summed E-state index contributed by atoms with van der Waals surface area (Å²) >= 11 is 0. The predicted octanol–water partition coefficient (Wildman–Crippen LogP) is 0.437. The maximum Gasteiger partial charge on any atom is -0.000901 e. The van der Waals surface area contributed by atoms with Crippen molar-refractivity contribution in [3.05, 3.63) is 0 Å². The number of hydrogen-bond acceptors (Lipinski definition) is 2. The normalized spacial score (nSPS) is 14.3. The first-order valence-corrected chi connectivity index (χ1v) is 3.57. The van der Waals surface area contributed by atoms with E-state index >= 15 is 0 Å².